The smallest absolute Gasteiger partial charge is 0.303 e. The highest BCUT2D eigenvalue weighted by molar-refractivity contribution is 6.87. The normalized spacial score (nSPS) is 14.5. The van der Waals surface area contributed by atoms with E-state index in [9.17, 15) is 14.4 Å². The van der Waals surface area contributed by atoms with Crippen LogP contribution in [0.25, 0.3) is 0 Å². The molecule has 0 saturated carbocycles. The third-order valence-electron chi connectivity index (χ3n) is 20.2. The number of nitrogens with zero attached hydrogens (tertiary/aromatic N) is 21. The van der Waals surface area contributed by atoms with E-state index in [-0.39, 0.29) is 135 Å². The summed E-state index contributed by atoms with van der Waals surface area (Å²) in [4.78, 5) is 37.0. The second-order valence-corrected chi connectivity index (χ2v) is 37.6. The Morgan fingerprint density at radius 3 is 0.806 bits per heavy atom. The van der Waals surface area contributed by atoms with Crippen LogP contribution in [0.3, 0.4) is 0 Å². The lowest BCUT2D eigenvalue weighted by atomic mass is 10.2. The SMILES string of the molecule is CC(=O)O[C@@H](COCc1cn(C[C@H](COCc2cn(C[C@H](COCc3cn(C[C@H](COCc4cn(C[C@H](COCc5cn(C[C@H](COCC#C[Si](C)(C)C(C)(C)C)OCc6ccccc6)nn5)OC(C)=O)nn4)OCc4ccccc4)nn3)OC(C)=O)nn2)OCc2ccccc2)nn1)Cn1cc(COC[C@@H](Cn2cc(COC[C@H]3CO3)nn2)OCc2ccccc2)nn1. The average molecular weight is 1800 g/mol. The van der Waals surface area contributed by atoms with Crippen LogP contribution in [-0.4, -0.2) is 246 Å². The van der Waals surface area contributed by atoms with Gasteiger partial charge in [0.2, 0.25) is 0 Å². The summed E-state index contributed by atoms with van der Waals surface area (Å²) >= 11 is 0. The van der Waals surface area contributed by atoms with Gasteiger partial charge in [0.25, 0.3) is 0 Å². The van der Waals surface area contributed by atoms with E-state index in [1.165, 1.54) is 20.8 Å². The van der Waals surface area contributed by atoms with E-state index in [0.717, 1.165) is 22.3 Å². The topological polar surface area (TPSA) is 417 Å². The summed E-state index contributed by atoms with van der Waals surface area (Å²) in [7, 11) is -1.78. The fraction of sp³-hybridized carbons (Fsp3) is 0.511. The standard InChI is InChI=1S/C88H115N21O19Si/c1-66(110)126-84(61-117-53-73-32-103(96-89-73)39-80(121-46-69-22-13-9-14-23-69)57-113-30-21-31-129(7,8)88(4,5)6)43-107-36-77(93-100-107)50-114-58-81(122-47-70-24-15-10-16-25-70)40-104-33-74(90-97-104)54-118-62-85(127-67(2)111)44-108-37-78(94-101-108)51-115-59-82(123-48-71-26-17-11-18-27-71)41-105-34-75(91-98-105)55-119-63-86(128-68(3)112)45-109-38-79(95-102-109)52-116-60-83(124-49-72-28-19-12-20-29-72)42-106-35-76(92-99-106)56-120-64-87-65-125-87/h9-20,22-29,32-38,80-87H,30,39-65H2,1-8H3/t80-,81-,82-,83-,84-,85-,86-,87+/m1/s1. The van der Waals surface area contributed by atoms with Gasteiger partial charge in [0.15, 0.2) is 0 Å². The summed E-state index contributed by atoms with van der Waals surface area (Å²) in [5, 5.41) is 60.6. The molecule has 41 heteroatoms. The molecule has 8 atom stereocenters. The van der Waals surface area contributed by atoms with Crippen LogP contribution in [0, 0.1) is 11.5 Å². The quantitative estimate of drug-likeness (QED) is 0.00904. The van der Waals surface area contributed by atoms with Crippen molar-refractivity contribution >= 4 is 26.0 Å². The van der Waals surface area contributed by atoms with Gasteiger partial charge in [0, 0.05) is 20.8 Å². The minimum atomic E-state index is -1.78. The first-order valence-corrected chi connectivity index (χ1v) is 45.7. The number of carbonyl (C=O) groups is 3. The number of hydrogen-bond acceptors (Lipinski definition) is 33. The molecule has 11 aromatic rings. The molecule has 1 aliphatic rings. The number of epoxide rings is 1. The summed E-state index contributed by atoms with van der Waals surface area (Å²) in [6, 6.07) is 39.3. The van der Waals surface area contributed by atoms with Gasteiger partial charge in [-0.2, -0.15) is 0 Å². The van der Waals surface area contributed by atoms with Gasteiger partial charge < -0.3 is 75.8 Å². The molecular weight excluding hydrogens is 1680 g/mol. The number of carbonyl (C=O) groups excluding carboxylic acids is 3. The largest absolute Gasteiger partial charge is 0.458 e. The molecule has 7 aromatic heterocycles. The molecule has 4 aromatic carbocycles. The summed E-state index contributed by atoms with van der Waals surface area (Å²) in [6.07, 6.45) is 8.54. The van der Waals surface area contributed by atoms with E-state index in [1.54, 1.807) is 70.0 Å². The molecular formula is C88H115N21O19Si. The van der Waals surface area contributed by atoms with Gasteiger partial charge in [-0.15, -0.1) is 41.2 Å². The van der Waals surface area contributed by atoms with Crippen molar-refractivity contribution in [3.8, 4) is 11.5 Å². The number of esters is 3. The van der Waals surface area contributed by atoms with Gasteiger partial charge in [0.1, 0.15) is 103 Å². The Kier molecular flexibility index (Phi) is 38.2. The van der Waals surface area contributed by atoms with Crippen LogP contribution in [-0.2, 0) is 209 Å². The van der Waals surface area contributed by atoms with Crippen LogP contribution < -0.4 is 0 Å². The van der Waals surface area contributed by atoms with Gasteiger partial charge in [-0.05, 0) is 27.3 Å². The van der Waals surface area contributed by atoms with Crippen molar-refractivity contribution in [3.63, 3.8) is 0 Å². The Labute approximate surface area is 748 Å². The molecule has 0 bridgehead atoms. The van der Waals surface area contributed by atoms with Gasteiger partial charge >= 0.3 is 17.9 Å². The Morgan fingerprint density at radius 2 is 0.574 bits per heavy atom. The minimum Gasteiger partial charge on any atom is -0.458 e. The second kappa shape index (κ2) is 51.1. The number of ether oxygens (including phenoxy) is 16. The average Bonchev–Trinajstić information content (AvgIpc) is 1.84. The van der Waals surface area contributed by atoms with Crippen molar-refractivity contribution in [3.05, 3.63) is 227 Å². The highest BCUT2D eigenvalue weighted by atomic mass is 28.3. The highest BCUT2D eigenvalue weighted by Gasteiger charge is 2.34. The van der Waals surface area contributed by atoms with Crippen molar-refractivity contribution in [2.45, 2.75) is 227 Å². The van der Waals surface area contributed by atoms with E-state index in [4.69, 9.17) is 75.8 Å². The van der Waals surface area contributed by atoms with Gasteiger partial charge in [-0.1, -0.05) is 198 Å². The van der Waals surface area contributed by atoms with Crippen LogP contribution in [0.15, 0.2) is 165 Å². The van der Waals surface area contributed by atoms with Crippen LogP contribution in [0.5, 0.6) is 0 Å². The van der Waals surface area contributed by atoms with Crippen LogP contribution in [0.4, 0.5) is 0 Å². The predicted molar refractivity (Wildman–Crippen MR) is 460 cm³/mol. The predicted octanol–water partition coefficient (Wildman–Crippen LogP) is 7.25. The molecule has 12 rings (SSSR count). The van der Waals surface area contributed by atoms with Crippen molar-refractivity contribution in [2.75, 3.05) is 66.1 Å². The maximum Gasteiger partial charge on any atom is 0.303 e. The van der Waals surface area contributed by atoms with Gasteiger partial charge in [0.05, 0.1) is 221 Å². The maximum absolute atomic E-state index is 12.4. The number of hydrogen-bond donors (Lipinski definition) is 0. The van der Waals surface area contributed by atoms with Gasteiger partial charge in [-0.3, -0.25) is 14.4 Å². The molecule has 40 nitrogen and oxygen atoms in total. The third kappa shape index (κ3) is 35.8. The Bertz CT molecular complexity index is 5150. The summed E-state index contributed by atoms with van der Waals surface area (Å²) in [6.45, 7) is 21.6. The Balaban J connectivity index is 0.563. The van der Waals surface area contributed by atoms with E-state index in [0.29, 0.717) is 112 Å². The number of benzene rings is 4. The fourth-order valence-corrected chi connectivity index (χ4v) is 13.6. The number of rotatable bonds is 60. The first kappa shape index (κ1) is 96.6. The molecule has 1 fully saturated rings. The first-order valence-electron chi connectivity index (χ1n) is 42.7. The summed E-state index contributed by atoms with van der Waals surface area (Å²) < 4.78 is 107. The lowest BCUT2D eigenvalue weighted by Crippen LogP contribution is -2.35. The Hall–Kier alpha value is -11.5. The first-order chi connectivity index (χ1) is 62.6. The second-order valence-electron chi connectivity index (χ2n) is 32.6. The zero-order valence-electron chi connectivity index (χ0n) is 74.2. The van der Waals surface area contributed by atoms with Crippen molar-refractivity contribution < 1.29 is 90.2 Å². The van der Waals surface area contributed by atoms with Crippen LogP contribution in [0.2, 0.25) is 18.1 Å². The third-order valence-corrected chi connectivity index (χ3v) is 24.7. The zero-order chi connectivity index (χ0) is 90.3. The van der Waals surface area contributed by atoms with E-state index in [2.05, 4.69) is 118 Å². The molecule has 0 aliphatic carbocycles. The van der Waals surface area contributed by atoms with Crippen molar-refractivity contribution in [1.29, 1.82) is 0 Å². The van der Waals surface area contributed by atoms with Crippen LogP contribution in [0.1, 0.15) is 104 Å². The summed E-state index contributed by atoms with van der Waals surface area (Å²) in [5.74, 6) is 1.78. The molecule has 8 heterocycles. The molecule has 1 saturated heterocycles. The molecule has 0 radical (unpaired) electrons. The minimum absolute atomic E-state index is 0.00377. The fourth-order valence-electron chi connectivity index (χ4n) is 12.7. The lowest BCUT2D eigenvalue weighted by Gasteiger charge is -2.31. The van der Waals surface area contributed by atoms with Crippen molar-refractivity contribution in [2.24, 2.45) is 0 Å². The van der Waals surface area contributed by atoms with Crippen molar-refractivity contribution in [1.82, 2.24) is 105 Å². The molecule has 1 aliphatic heterocycles. The maximum atomic E-state index is 12.4. The summed E-state index contributed by atoms with van der Waals surface area (Å²) in [5.41, 5.74) is 11.4. The molecule has 0 amide bonds. The monoisotopic (exact) mass is 1800 g/mol. The molecule has 0 N–H and O–H groups in total. The molecule has 129 heavy (non-hydrogen) atoms. The van der Waals surface area contributed by atoms with E-state index < -0.39 is 56.5 Å². The highest BCUT2D eigenvalue weighted by Crippen LogP contribution is 2.35. The molecule has 0 unspecified atom stereocenters. The van der Waals surface area contributed by atoms with E-state index >= 15 is 0 Å². The van der Waals surface area contributed by atoms with E-state index in [1.807, 2.05) is 128 Å². The zero-order valence-corrected chi connectivity index (χ0v) is 75.2. The molecule has 0 spiro atoms. The van der Waals surface area contributed by atoms with Crippen LogP contribution >= 0.6 is 0 Å². The lowest BCUT2D eigenvalue weighted by molar-refractivity contribution is -0.151. The van der Waals surface area contributed by atoms with Gasteiger partial charge in [-0.25, -0.2) is 32.8 Å². The number of aromatic nitrogens is 21. The Morgan fingerprint density at radius 1 is 0.349 bits per heavy atom. The molecule has 690 valence electrons.